The topological polar surface area (TPSA) is 38.3 Å². The molecule has 0 bridgehead atoms. The number of esters is 1. The van der Waals surface area contributed by atoms with Crippen LogP contribution in [0.3, 0.4) is 0 Å². The Morgan fingerprint density at radius 3 is 2.27 bits per heavy atom. The van der Waals surface area contributed by atoms with Gasteiger partial charge in [-0.05, 0) is 37.5 Å². The lowest BCUT2D eigenvalue weighted by atomic mass is 9.99. The van der Waals surface area contributed by atoms with Crippen LogP contribution in [-0.4, -0.2) is 18.6 Å². The smallest absolute Gasteiger partial charge is 0.324 e. The molecule has 0 saturated heterocycles. The summed E-state index contributed by atoms with van der Waals surface area (Å²) in [5, 5.41) is 0. The summed E-state index contributed by atoms with van der Waals surface area (Å²) >= 11 is 5.33. The van der Waals surface area contributed by atoms with E-state index in [1.54, 1.807) is 6.92 Å². The van der Waals surface area contributed by atoms with Crippen LogP contribution in [0.25, 0.3) is 0 Å². The summed E-state index contributed by atoms with van der Waals surface area (Å²) < 4.78 is 5.18. The maximum absolute atomic E-state index is 11.3. The molecule has 0 aliphatic carbocycles. The van der Waals surface area contributed by atoms with Crippen molar-refractivity contribution < 1.29 is 9.53 Å². The minimum Gasteiger partial charge on any atom is -0.464 e. The van der Waals surface area contributed by atoms with Crippen LogP contribution in [0.1, 0.15) is 46.5 Å². The highest BCUT2D eigenvalue weighted by Crippen LogP contribution is 2.14. The van der Waals surface area contributed by atoms with Crippen molar-refractivity contribution in [2.75, 3.05) is 6.61 Å². The van der Waals surface area contributed by atoms with Crippen molar-refractivity contribution in [3.8, 4) is 0 Å². The molecule has 0 saturated carbocycles. The molecule has 0 aromatic rings. The number of ether oxygens (including phenoxy) is 1. The van der Waals surface area contributed by atoms with Crippen molar-refractivity contribution in [3.05, 3.63) is 0 Å². The number of hydrogen-bond acceptors (Lipinski definition) is 3. The van der Waals surface area contributed by atoms with Crippen LogP contribution in [0.4, 0.5) is 0 Å². The molecular formula is C11H22ClNO2. The first-order valence-electron chi connectivity index (χ1n) is 5.68. The molecule has 4 heteroatoms. The first-order chi connectivity index (χ1) is 7.15. The van der Waals surface area contributed by atoms with Crippen molar-refractivity contribution >= 4 is 17.7 Å². The average molecular weight is 236 g/mol. The Balaban J connectivity index is 3.82. The first-order valence-corrected chi connectivity index (χ1v) is 6.06. The standard InChI is InChI=1S/C11H22ClNO2/c1-4-6-10(7-5-2)8-15-11(14)9(3)13-12/h9-10,13H,4-8H2,1-3H3/t9-/m0/s1. The SMILES string of the molecule is CCCC(CCC)COC(=O)[C@H](C)NCl. The molecule has 0 amide bonds. The predicted octanol–water partition coefficient (Wildman–Crippen LogP) is 2.88. The van der Waals surface area contributed by atoms with Gasteiger partial charge >= 0.3 is 5.97 Å². The van der Waals surface area contributed by atoms with Gasteiger partial charge in [0.25, 0.3) is 0 Å². The van der Waals surface area contributed by atoms with Gasteiger partial charge in [-0.15, -0.1) is 0 Å². The van der Waals surface area contributed by atoms with Crippen molar-refractivity contribution in [1.29, 1.82) is 0 Å². The van der Waals surface area contributed by atoms with Gasteiger partial charge in [0.2, 0.25) is 0 Å². The first kappa shape index (κ1) is 14.7. The van der Waals surface area contributed by atoms with E-state index in [1.807, 2.05) is 0 Å². The normalized spacial score (nSPS) is 12.9. The number of rotatable bonds is 8. The van der Waals surface area contributed by atoms with Crippen LogP contribution in [0.15, 0.2) is 0 Å². The highest BCUT2D eigenvalue weighted by Gasteiger charge is 2.15. The lowest BCUT2D eigenvalue weighted by Crippen LogP contribution is -2.30. The molecule has 0 spiro atoms. The predicted molar refractivity (Wildman–Crippen MR) is 62.7 cm³/mol. The van der Waals surface area contributed by atoms with E-state index in [0.29, 0.717) is 12.5 Å². The van der Waals surface area contributed by atoms with Gasteiger partial charge in [-0.3, -0.25) is 4.79 Å². The van der Waals surface area contributed by atoms with Crippen molar-refractivity contribution in [2.45, 2.75) is 52.5 Å². The Kier molecular flexibility index (Phi) is 8.82. The Morgan fingerprint density at radius 2 is 1.87 bits per heavy atom. The Hall–Kier alpha value is -0.280. The fourth-order valence-electron chi connectivity index (χ4n) is 1.50. The zero-order valence-corrected chi connectivity index (χ0v) is 10.6. The second kappa shape index (κ2) is 8.98. The van der Waals surface area contributed by atoms with Crippen LogP contribution in [0.5, 0.6) is 0 Å². The van der Waals surface area contributed by atoms with Crippen molar-refractivity contribution in [2.24, 2.45) is 5.92 Å². The number of nitrogens with one attached hydrogen (secondary N) is 1. The number of carbonyl (C=O) groups is 1. The van der Waals surface area contributed by atoms with Gasteiger partial charge in [0.1, 0.15) is 6.04 Å². The van der Waals surface area contributed by atoms with Crippen LogP contribution >= 0.6 is 11.8 Å². The van der Waals surface area contributed by atoms with Crippen LogP contribution in [0.2, 0.25) is 0 Å². The molecule has 1 N–H and O–H groups in total. The third-order valence-corrected chi connectivity index (χ3v) is 2.70. The van der Waals surface area contributed by atoms with E-state index in [1.165, 1.54) is 0 Å². The molecule has 0 rings (SSSR count). The monoisotopic (exact) mass is 235 g/mol. The maximum Gasteiger partial charge on any atom is 0.324 e. The number of hydrogen-bond donors (Lipinski definition) is 1. The Bertz CT molecular complexity index is 170. The van der Waals surface area contributed by atoms with E-state index in [0.717, 1.165) is 25.7 Å². The lowest BCUT2D eigenvalue weighted by Gasteiger charge is -2.16. The van der Waals surface area contributed by atoms with E-state index in [-0.39, 0.29) is 5.97 Å². The Labute approximate surface area is 97.6 Å². The summed E-state index contributed by atoms with van der Waals surface area (Å²) in [5.41, 5.74) is 0. The minimum atomic E-state index is -0.435. The molecular weight excluding hydrogens is 214 g/mol. The average Bonchev–Trinajstić information content (AvgIpc) is 2.25. The number of halogens is 1. The van der Waals surface area contributed by atoms with E-state index < -0.39 is 6.04 Å². The fourth-order valence-corrected chi connectivity index (χ4v) is 1.59. The molecule has 0 aliphatic rings. The molecule has 1 atom stereocenters. The molecule has 0 unspecified atom stereocenters. The van der Waals surface area contributed by atoms with Gasteiger partial charge in [0, 0.05) is 0 Å². The van der Waals surface area contributed by atoms with Crippen molar-refractivity contribution in [1.82, 2.24) is 4.84 Å². The zero-order valence-electron chi connectivity index (χ0n) is 9.88. The van der Waals surface area contributed by atoms with Crippen LogP contribution in [0, 0.1) is 5.92 Å². The zero-order chi connectivity index (χ0) is 11.7. The summed E-state index contributed by atoms with van der Waals surface area (Å²) in [6.45, 7) is 6.49. The van der Waals surface area contributed by atoms with Gasteiger partial charge in [-0.1, -0.05) is 26.7 Å². The maximum atomic E-state index is 11.3. The van der Waals surface area contributed by atoms with E-state index in [2.05, 4.69) is 18.7 Å². The molecule has 15 heavy (non-hydrogen) atoms. The highest BCUT2D eigenvalue weighted by molar-refractivity contribution is 6.14. The summed E-state index contributed by atoms with van der Waals surface area (Å²) in [5.74, 6) is 0.216. The molecule has 0 aromatic carbocycles. The van der Waals surface area contributed by atoms with E-state index in [9.17, 15) is 4.79 Å². The molecule has 0 aliphatic heterocycles. The van der Waals surface area contributed by atoms with Gasteiger partial charge in [-0.25, -0.2) is 4.84 Å². The second-order valence-electron chi connectivity index (χ2n) is 3.90. The third-order valence-electron chi connectivity index (χ3n) is 2.37. The minimum absolute atomic E-state index is 0.276. The highest BCUT2D eigenvalue weighted by atomic mass is 35.5. The largest absolute Gasteiger partial charge is 0.464 e. The van der Waals surface area contributed by atoms with Gasteiger partial charge in [0.05, 0.1) is 6.61 Å². The van der Waals surface area contributed by atoms with Crippen LogP contribution in [-0.2, 0) is 9.53 Å². The summed E-state index contributed by atoms with van der Waals surface area (Å²) in [4.78, 5) is 13.7. The van der Waals surface area contributed by atoms with Gasteiger partial charge in [0.15, 0.2) is 0 Å². The van der Waals surface area contributed by atoms with Gasteiger partial charge in [-0.2, -0.15) is 0 Å². The number of carbonyl (C=O) groups excluding carboxylic acids is 1. The second-order valence-corrected chi connectivity index (χ2v) is 4.12. The van der Waals surface area contributed by atoms with E-state index in [4.69, 9.17) is 16.5 Å². The molecule has 90 valence electrons. The van der Waals surface area contributed by atoms with Crippen molar-refractivity contribution in [3.63, 3.8) is 0 Å². The third kappa shape index (κ3) is 6.74. The summed E-state index contributed by atoms with van der Waals surface area (Å²) in [7, 11) is 0. The van der Waals surface area contributed by atoms with Gasteiger partial charge < -0.3 is 4.74 Å². The molecule has 0 heterocycles. The molecule has 0 aromatic heterocycles. The fraction of sp³-hybridized carbons (Fsp3) is 0.909. The molecule has 0 fully saturated rings. The van der Waals surface area contributed by atoms with Crippen LogP contribution < -0.4 is 4.84 Å². The summed E-state index contributed by atoms with van der Waals surface area (Å²) in [6.07, 6.45) is 4.49. The lowest BCUT2D eigenvalue weighted by molar-refractivity contribution is -0.146. The quantitative estimate of drug-likeness (QED) is 0.519. The van der Waals surface area contributed by atoms with E-state index >= 15 is 0 Å². The Morgan fingerprint density at radius 1 is 1.33 bits per heavy atom. The summed E-state index contributed by atoms with van der Waals surface area (Å²) in [6, 6.07) is -0.435. The molecule has 0 radical (unpaired) electrons. The molecule has 3 nitrogen and oxygen atoms in total.